The summed E-state index contributed by atoms with van der Waals surface area (Å²) in [5.41, 5.74) is 8.76. The van der Waals surface area contributed by atoms with E-state index in [9.17, 15) is 78.6 Å². The van der Waals surface area contributed by atoms with Crippen molar-refractivity contribution in [2.24, 2.45) is 16.0 Å². The second-order valence-electron chi connectivity index (χ2n) is 25.9. The van der Waals surface area contributed by atoms with Gasteiger partial charge in [0.1, 0.15) is 11.8 Å². The zero-order chi connectivity index (χ0) is 84.8. The number of carbonyl (C=O) groups is 9. The molecule has 30 heteroatoms. The van der Waals surface area contributed by atoms with Gasteiger partial charge in [0, 0.05) is 24.3 Å². The Labute approximate surface area is 659 Å². The van der Waals surface area contributed by atoms with Crippen molar-refractivity contribution in [1.29, 1.82) is 0 Å². The number of hydrogen-bond acceptors (Lipinski definition) is 13. The molecule has 0 saturated heterocycles. The molecule has 0 radical (unpaired) electrons. The Morgan fingerprint density at radius 2 is 1.16 bits per heavy atom. The van der Waals surface area contributed by atoms with Crippen molar-refractivity contribution in [3.63, 3.8) is 0 Å². The van der Waals surface area contributed by atoms with Crippen LogP contribution in [-0.4, -0.2) is 109 Å². The molecule has 610 valence electrons. The topological polar surface area (TPSA) is 413 Å². The number of nitrogens with two attached hydrogens (primary N) is 1. The average molecular weight is 1610 g/mol. The van der Waals surface area contributed by atoms with E-state index in [1.807, 2.05) is 60.7 Å². The van der Waals surface area contributed by atoms with Gasteiger partial charge >= 0.3 is 54.1 Å². The Kier molecular flexibility index (Phi) is 37.6. The number of azo groups is 1. The Hall–Kier alpha value is -12.6. The number of primary amides is 1. The van der Waals surface area contributed by atoms with Crippen molar-refractivity contribution in [3.8, 4) is 5.75 Å². The van der Waals surface area contributed by atoms with Gasteiger partial charge in [0.25, 0.3) is 16.0 Å². The van der Waals surface area contributed by atoms with Crippen LogP contribution in [-0.2, 0) is 69.1 Å². The number of alkyl halides is 5. The summed E-state index contributed by atoms with van der Waals surface area (Å²) in [6, 6.07) is 46.7. The summed E-state index contributed by atoms with van der Waals surface area (Å²) in [7, 11) is -4.28. The molecule has 0 spiro atoms. The molecule has 0 fully saturated rings. The fourth-order valence-electron chi connectivity index (χ4n) is 11.9. The number of halogens is 5. The van der Waals surface area contributed by atoms with Crippen LogP contribution in [0.25, 0.3) is 48.7 Å². The standard InChI is InChI=1S/C19H12O2.C18H34O2.C14H12O2.C11H8F3NO3.C10H8N2O4S.C8H6F2O3.C5H10N2O3/c20-19(21)17-11-13-6-2-4-8-15(13)18-14-7-3-1-5-12(14)9-10-16(17)18;1-2-3-4-5-6-7-8-9-10-11-12-13-14-15-16-17-18(19)20;15-13(16)8-11-7-6-10-5-4-9-2-1-3-12(11)14(9)10;12-11(13,14)7-2-1-3-8(6-7)15-9(16)4-5-10(17)18;1-6-9(10(13)12-11-6)7-3-2-4-8(5-7)17(14,15)16;9-8(10,7(11)12)13-6-4-2-1-3-5-6;1-2-3(4(8)9)7-5(6)10/h1-11H,(H,20,21);3-4H,2,5-17H2,1H3,(H,19,20);1-3,6-7H,4-5,8H2,(H,15,16);1-6H,(H,15,16)(H,17,18);2-5H,1H3,(H,14,15,16);1-5H,(H,11,12);3H,2H2,1H3,(H,8,9)(H3,6,7,10)/b;4-3-;;5-4-;;;. The van der Waals surface area contributed by atoms with Crippen molar-refractivity contribution in [2.75, 3.05) is 5.32 Å². The number of hydrogen-bond donors (Lipinski definition) is 10. The molecule has 0 bridgehead atoms. The minimum absolute atomic E-state index is 0.0649. The lowest BCUT2D eigenvalue weighted by Crippen LogP contribution is -2.43. The number of nitrogens with one attached hydrogen (secondary N) is 2. The molecule has 11 rings (SSSR count). The zero-order valence-corrected chi connectivity index (χ0v) is 64.0. The SMILES string of the molecule is CC/C=C\CCCCCCCCCCCCCC(=O)O.CC1=C(c2cccc(S(=O)(=O)O)c2)C(=O)N=N1.CCC(NC(N)=O)C(=O)O.O=C(O)/C=C\C(=O)Nc1cccc(C(F)(F)F)c1.O=C(O)C(F)(F)Oc1ccccc1.O=C(O)Cc1ccc2c3c(cccc13)CC2.O=C(O)c1cc2ccccc2c2c1ccc1ccccc12. The molecule has 11 N–H and O–H groups in total. The van der Waals surface area contributed by atoms with E-state index < -0.39 is 87.7 Å². The number of carbonyl (C=O) groups excluding carboxylic acids is 3. The first-order valence-corrected chi connectivity index (χ1v) is 38.0. The van der Waals surface area contributed by atoms with E-state index in [-0.39, 0.29) is 28.3 Å². The second kappa shape index (κ2) is 46.4. The van der Waals surface area contributed by atoms with Crippen LogP contribution in [0.15, 0.2) is 221 Å². The van der Waals surface area contributed by atoms with Crippen LogP contribution < -0.4 is 21.1 Å². The summed E-state index contributed by atoms with van der Waals surface area (Å²) < 4.78 is 96.7. The van der Waals surface area contributed by atoms with Gasteiger partial charge in [0.05, 0.1) is 33.7 Å². The van der Waals surface area contributed by atoms with Crippen molar-refractivity contribution in [3.05, 3.63) is 239 Å². The number of rotatable bonds is 29. The number of unbranched alkanes of at least 4 members (excludes halogenated alkanes) is 11. The molecule has 1 heterocycles. The number of aryl methyl sites for hydroxylation is 2. The summed E-state index contributed by atoms with van der Waals surface area (Å²) in [6.45, 7) is 5.43. The average Bonchev–Trinajstić information content (AvgIpc) is 1.25. The number of amides is 4. The van der Waals surface area contributed by atoms with Crippen molar-refractivity contribution < 1.29 is 113 Å². The third kappa shape index (κ3) is 31.5. The summed E-state index contributed by atoms with van der Waals surface area (Å²) in [4.78, 5) is 95.4. The van der Waals surface area contributed by atoms with Crippen LogP contribution >= 0.6 is 0 Å². The molecule has 1 unspecified atom stereocenters. The number of aliphatic carboxylic acids is 5. The van der Waals surface area contributed by atoms with Gasteiger partial charge in [-0.3, -0.25) is 23.7 Å². The van der Waals surface area contributed by atoms with Crippen LogP contribution in [0.4, 0.5) is 32.4 Å². The van der Waals surface area contributed by atoms with E-state index in [4.69, 9.17) is 35.8 Å². The van der Waals surface area contributed by atoms with E-state index in [0.717, 1.165) is 93.6 Å². The number of anilines is 1. The lowest BCUT2D eigenvalue weighted by molar-refractivity contribution is -0.210. The number of urea groups is 1. The molecule has 9 aromatic rings. The highest BCUT2D eigenvalue weighted by molar-refractivity contribution is 7.85. The van der Waals surface area contributed by atoms with Crippen molar-refractivity contribution in [1.82, 2.24) is 5.32 Å². The molecule has 1 atom stereocenters. The van der Waals surface area contributed by atoms with Crippen LogP contribution in [0.5, 0.6) is 5.75 Å². The molecule has 1 aliphatic carbocycles. The number of carboxylic acids is 6. The van der Waals surface area contributed by atoms with E-state index in [1.165, 1.54) is 129 Å². The summed E-state index contributed by atoms with van der Waals surface area (Å²) in [5.74, 6) is -8.54. The second-order valence-corrected chi connectivity index (χ2v) is 27.3. The smallest absolute Gasteiger partial charge is 0.481 e. The lowest BCUT2D eigenvalue weighted by atomic mass is 9.93. The van der Waals surface area contributed by atoms with Crippen LogP contribution in [0, 0.1) is 0 Å². The Morgan fingerprint density at radius 3 is 1.70 bits per heavy atom. The van der Waals surface area contributed by atoms with E-state index in [1.54, 1.807) is 32.0 Å². The van der Waals surface area contributed by atoms with Gasteiger partial charge in [-0.2, -0.15) is 35.5 Å². The first-order chi connectivity index (χ1) is 54.6. The summed E-state index contributed by atoms with van der Waals surface area (Å²) >= 11 is 0. The fraction of sp³-hybridized carbons (Fsp3) is 0.282. The van der Waals surface area contributed by atoms with Crippen LogP contribution in [0.3, 0.4) is 0 Å². The van der Waals surface area contributed by atoms with Gasteiger partial charge in [-0.15, -0.1) is 5.11 Å². The van der Waals surface area contributed by atoms with Gasteiger partial charge in [0.2, 0.25) is 5.91 Å². The minimum Gasteiger partial charge on any atom is -0.481 e. The van der Waals surface area contributed by atoms with Gasteiger partial charge in [0.15, 0.2) is 0 Å². The maximum Gasteiger partial charge on any atom is 0.501 e. The molecule has 24 nitrogen and oxygen atoms in total. The number of benzene rings is 9. The Bertz CT molecular complexity index is 5100. The largest absolute Gasteiger partial charge is 0.501 e. The molecule has 4 amide bonds. The molecule has 2 aliphatic rings. The highest BCUT2D eigenvalue weighted by Gasteiger charge is 2.42. The molecular formula is C85H90F5N5O19S. The number of para-hydroxylation sites is 1. The Balaban J connectivity index is 0.000000242. The van der Waals surface area contributed by atoms with Crippen LogP contribution in [0.1, 0.15) is 155 Å². The molecular weight excluding hydrogens is 1520 g/mol. The fourth-order valence-corrected chi connectivity index (χ4v) is 12.4. The normalized spacial score (nSPS) is 12.3. The third-order valence-corrected chi connectivity index (χ3v) is 18.2. The quantitative estimate of drug-likeness (QED) is 0.00520. The summed E-state index contributed by atoms with van der Waals surface area (Å²) in [6.07, 6.45) is 16.5. The highest BCUT2D eigenvalue weighted by Crippen LogP contribution is 2.37. The van der Waals surface area contributed by atoms with E-state index in [2.05, 4.69) is 75.0 Å². The molecule has 9 aromatic carbocycles. The monoisotopic (exact) mass is 1610 g/mol. The molecule has 0 aromatic heterocycles. The van der Waals surface area contributed by atoms with Crippen LogP contribution in [0.2, 0.25) is 0 Å². The molecule has 0 saturated carbocycles. The number of fused-ring (bicyclic) bond motifs is 5. The van der Waals surface area contributed by atoms with Gasteiger partial charge in [-0.05, 0) is 166 Å². The van der Waals surface area contributed by atoms with Gasteiger partial charge < -0.3 is 51.7 Å². The first-order valence-electron chi connectivity index (χ1n) is 36.5. The Morgan fingerprint density at radius 1 is 0.583 bits per heavy atom. The predicted octanol–water partition coefficient (Wildman–Crippen LogP) is 18.7. The van der Waals surface area contributed by atoms with Crippen molar-refractivity contribution >= 4 is 118 Å². The highest BCUT2D eigenvalue weighted by atomic mass is 32.2. The molecule has 1 aliphatic heterocycles. The number of aromatic carboxylic acids is 1. The predicted molar refractivity (Wildman–Crippen MR) is 425 cm³/mol. The number of allylic oxidation sites excluding steroid dienone is 3. The zero-order valence-electron chi connectivity index (χ0n) is 63.2. The lowest BCUT2D eigenvalue weighted by Gasteiger charge is -2.12. The number of ether oxygens (including phenoxy) is 1. The third-order valence-electron chi connectivity index (χ3n) is 17.3. The molecule has 115 heavy (non-hydrogen) atoms. The maximum atomic E-state index is 12.4. The minimum atomic E-state index is -4.50. The van der Waals surface area contributed by atoms with Crippen molar-refractivity contribution in [2.45, 2.75) is 160 Å². The number of nitrogens with zero attached hydrogens (tertiary/aromatic N) is 2. The van der Waals surface area contributed by atoms with Gasteiger partial charge in [-0.25, -0.2) is 24.0 Å². The number of carboxylic acid groups (broad SMARTS) is 6. The van der Waals surface area contributed by atoms with Gasteiger partial charge in [-0.1, -0.05) is 211 Å². The first kappa shape index (κ1) is 93.0. The summed E-state index contributed by atoms with van der Waals surface area (Å²) in [5, 5.41) is 71.2. The maximum absolute atomic E-state index is 12.4. The van der Waals surface area contributed by atoms with E-state index in [0.29, 0.717) is 41.8 Å². The van der Waals surface area contributed by atoms with E-state index >= 15 is 0 Å².